The molecule has 41 heavy (non-hydrogen) atoms. The van der Waals surface area contributed by atoms with Crippen LogP contribution in [0.1, 0.15) is 59.8 Å². The largest absolute Gasteiger partial charge is 0.462 e. The van der Waals surface area contributed by atoms with Crippen molar-refractivity contribution in [3.63, 3.8) is 0 Å². The highest BCUT2D eigenvalue weighted by Gasteiger charge is 2.31. The summed E-state index contributed by atoms with van der Waals surface area (Å²) >= 11 is 0. The fourth-order valence-electron chi connectivity index (χ4n) is 4.89. The average molecular weight is 590 g/mol. The van der Waals surface area contributed by atoms with Crippen LogP contribution in [0.25, 0.3) is 0 Å². The Morgan fingerprint density at radius 1 is 1.20 bits per heavy atom. The first-order valence-electron chi connectivity index (χ1n) is 13.1. The number of sulfonamides is 1. The van der Waals surface area contributed by atoms with Crippen LogP contribution in [-0.2, 0) is 36.6 Å². The number of rotatable bonds is 9. The maximum atomic E-state index is 13.9. The molecule has 3 heterocycles. The number of anilines is 1. The van der Waals surface area contributed by atoms with Crippen LogP contribution in [0.2, 0.25) is 0 Å². The summed E-state index contributed by atoms with van der Waals surface area (Å²) in [6.45, 7) is 2.89. The van der Waals surface area contributed by atoms with Crippen molar-refractivity contribution in [3.8, 4) is 6.07 Å². The molecule has 1 aromatic carbocycles. The van der Waals surface area contributed by atoms with Gasteiger partial charge in [0.25, 0.3) is 0 Å². The van der Waals surface area contributed by atoms with E-state index in [0.29, 0.717) is 37.0 Å². The monoisotopic (exact) mass is 589 g/mol. The van der Waals surface area contributed by atoms with Crippen molar-refractivity contribution in [2.45, 2.75) is 44.9 Å². The van der Waals surface area contributed by atoms with Gasteiger partial charge in [-0.15, -0.1) is 0 Å². The molecule has 0 unspecified atom stereocenters. The Bertz CT molecular complexity index is 1500. The van der Waals surface area contributed by atoms with Gasteiger partial charge in [-0.2, -0.15) is 5.26 Å². The van der Waals surface area contributed by atoms with Gasteiger partial charge in [0, 0.05) is 43.6 Å². The van der Waals surface area contributed by atoms with E-state index >= 15 is 0 Å². The number of nitriles is 1. The SMILES string of the molecule is CCOC(=O)c1cc(C#N)c(N2CCC(C(=O)NS(=O)(=O)Cc3ccc(F)cc3F)CC2)nc1CN1CCCC1=O. The van der Waals surface area contributed by atoms with E-state index in [1.807, 2.05) is 4.72 Å². The van der Waals surface area contributed by atoms with Crippen molar-refractivity contribution < 1.29 is 36.3 Å². The molecule has 2 aliphatic rings. The molecule has 4 rings (SSSR count). The van der Waals surface area contributed by atoms with Crippen molar-refractivity contribution in [2.24, 2.45) is 5.92 Å². The molecular weight excluding hydrogens is 560 g/mol. The van der Waals surface area contributed by atoms with Gasteiger partial charge in [-0.1, -0.05) is 6.07 Å². The number of carbonyl (C=O) groups excluding carboxylic acids is 3. The van der Waals surface area contributed by atoms with Crippen molar-refractivity contribution >= 4 is 33.6 Å². The maximum Gasteiger partial charge on any atom is 0.340 e. The molecule has 14 heteroatoms. The van der Waals surface area contributed by atoms with Gasteiger partial charge in [0.1, 0.15) is 23.5 Å². The van der Waals surface area contributed by atoms with Gasteiger partial charge in [-0.25, -0.2) is 27.0 Å². The number of halogens is 2. The highest BCUT2D eigenvalue weighted by atomic mass is 32.2. The first-order valence-corrected chi connectivity index (χ1v) is 14.8. The zero-order chi connectivity index (χ0) is 29.7. The van der Waals surface area contributed by atoms with E-state index in [9.17, 15) is 36.8 Å². The van der Waals surface area contributed by atoms with Crippen molar-refractivity contribution in [1.82, 2.24) is 14.6 Å². The lowest BCUT2D eigenvalue weighted by molar-refractivity contribution is -0.128. The molecular formula is C27H29F2N5O6S. The fraction of sp³-hybridized carbons (Fsp3) is 0.444. The van der Waals surface area contributed by atoms with Gasteiger partial charge in [0.2, 0.25) is 21.8 Å². The van der Waals surface area contributed by atoms with E-state index in [0.717, 1.165) is 12.1 Å². The number of nitrogens with zero attached hydrogens (tertiary/aromatic N) is 4. The Morgan fingerprint density at radius 2 is 1.93 bits per heavy atom. The van der Waals surface area contributed by atoms with Gasteiger partial charge in [-0.3, -0.25) is 14.3 Å². The highest BCUT2D eigenvalue weighted by molar-refractivity contribution is 7.89. The Balaban J connectivity index is 1.47. The van der Waals surface area contributed by atoms with Crippen LogP contribution in [0.4, 0.5) is 14.6 Å². The third-order valence-corrected chi connectivity index (χ3v) is 8.19. The topological polar surface area (TPSA) is 150 Å². The number of nitrogens with one attached hydrogen (secondary N) is 1. The molecule has 2 fully saturated rings. The van der Waals surface area contributed by atoms with Gasteiger partial charge in [-0.05, 0) is 38.3 Å². The van der Waals surface area contributed by atoms with Crippen LogP contribution in [0.15, 0.2) is 24.3 Å². The summed E-state index contributed by atoms with van der Waals surface area (Å²) < 4.78 is 59.1. The lowest BCUT2D eigenvalue weighted by atomic mass is 9.96. The summed E-state index contributed by atoms with van der Waals surface area (Å²) in [4.78, 5) is 45.6. The summed E-state index contributed by atoms with van der Waals surface area (Å²) in [6, 6.07) is 5.96. The molecule has 2 saturated heterocycles. The van der Waals surface area contributed by atoms with Crippen LogP contribution in [0, 0.1) is 28.9 Å². The molecule has 0 atom stereocenters. The molecule has 0 bridgehead atoms. The van der Waals surface area contributed by atoms with E-state index in [1.165, 1.54) is 6.07 Å². The third kappa shape index (κ3) is 7.15. The predicted octanol–water partition coefficient (Wildman–Crippen LogP) is 2.39. The zero-order valence-corrected chi connectivity index (χ0v) is 23.2. The van der Waals surface area contributed by atoms with Crippen LogP contribution in [0.3, 0.4) is 0 Å². The number of pyridine rings is 1. The minimum Gasteiger partial charge on any atom is -0.462 e. The second kappa shape index (κ2) is 12.6. The number of aromatic nitrogens is 1. The van der Waals surface area contributed by atoms with Gasteiger partial charge >= 0.3 is 5.97 Å². The van der Waals surface area contributed by atoms with E-state index in [4.69, 9.17) is 4.74 Å². The van der Waals surface area contributed by atoms with Crippen LogP contribution >= 0.6 is 0 Å². The Hall–Kier alpha value is -4.12. The standard InChI is InChI=1S/C27H29F2N5O6S/c1-2-40-27(37)21-12-19(14-30)25(31-23(21)15-34-9-3-4-24(34)35)33-10-7-17(8-11-33)26(36)32-41(38,39)16-18-5-6-20(28)13-22(18)29/h5-6,12-13,17H,2-4,7-11,15-16H2,1H3,(H,32,36). The van der Waals surface area contributed by atoms with E-state index < -0.39 is 45.2 Å². The third-order valence-electron chi connectivity index (χ3n) is 6.99. The Kier molecular flexibility index (Phi) is 9.17. The van der Waals surface area contributed by atoms with Crippen molar-refractivity contribution in [1.29, 1.82) is 5.26 Å². The van der Waals surface area contributed by atoms with E-state index in [2.05, 4.69) is 11.1 Å². The van der Waals surface area contributed by atoms with E-state index in [-0.39, 0.29) is 61.7 Å². The van der Waals surface area contributed by atoms with Crippen LogP contribution < -0.4 is 9.62 Å². The van der Waals surface area contributed by atoms with Crippen molar-refractivity contribution in [3.05, 3.63) is 58.3 Å². The zero-order valence-electron chi connectivity index (χ0n) is 22.4. The maximum absolute atomic E-state index is 13.9. The Morgan fingerprint density at radius 3 is 2.54 bits per heavy atom. The molecule has 1 aromatic heterocycles. The minimum absolute atomic E-state index is 0.0588. The normalized spacial score (nSPS) is 16.0. The molecule has 2 aromatic rings. The minimum atomic E-state index is -4.24. The molecule has 0 aliphatic carbocycles. The molecule has 218 valence electrons. The lowest BCUT2D eigenvalue weighted by Gasteiger charge is -2.33. The quantitative estimate of drug-likeness (QED) is 0.435. The number of ether oxygens (including phenoxy) is 1. The number of benzene rings is 1. The lowest BCUT2D eigenvalue weighted by Crippen LogP contribution is -2.43. The summed E-state index contributed by atoms with van der Waals surface area (Å²) in [5.74, 6) is -4.54. The number of piperidine rings is 1. The summed E-state index contributed by atoms with van der Waals surface area (Å²) in [6.07, 6.45) is 1.57. The Labute approximate surface area is 236 Å². The highest BCUT2D eigenvalue weighted by Crippen LogP contribution is 2.28. The number of hydrogen-bond acceptors (Lipinski definition) is 9. The molecule has 2 amide bonds. The molecule has 0 spiro atoms. The molecule has 0 saturated carbocycles. The number of amides is 2. The van der Waals surface area contributed by atoms with Crippen molar-refractivity contribution in [2.75, 3.05) is 31.1 Å². The number of hydrogen-bond donors (Lipinski definition) is 1. The van der Waals surface area contributed by atoms with Gasteiger partial charge in [0.15, 0.2) is 0 Å². The number of likely N-dealkylation sites (tertiary alicyclic amines) is 1. The molecule has 2 aliphatic heterocycles. The molecule has 1 N–H and O–H groups in total. The number of esters is 1. The molecule has 11 nitrogen and oxygen atoms in total. The van der Waals surface area contributed by atoms with E-state index in [1.54, 1.807) is 16.7 Å². The fourth-order valence-corrected chi connectivity index (χ4v) is 6.08. The van der Waals surface area contributed by atoms with Crippen LogP contribution in [0.5, 0.6) is 0 Å². The first-order chi connectivity index (χ1) is 19.5. The second-order valence-electron chi connectivity index (χ2n) is 9.83. The summed E-state index contributed by atoms with van der Waals surface area (Å²) in [5, 5.41) is 9.81. The number of carbonyl (C=O) groups is 3. The predicted molar refractivity (Wildman–Crippen MR) is 142 cm³/mol. The summed E-state index contributed by atoms with van der Waals surface area (Å²) in [7, 11) is -4.24. The summed E-state index contributed by atoms with van der Waals surface area (Å²) in [5.41, 5.74) is 0.251. The average Bonchev–Trinajstić information content (AvgIpc) is 3.34. The van der Waals surface area contributed by atoms with Crippen LogP contribution in [-0.4, -0.2) is 62.3 Å². The molecule has 0 radical (unpaired) electrons. The van der Waals surface area contributed by atoms with Gasteiger partial charge in [0.05, 0.1) is 35.7 Å². The first kappa shape index (κ1) is 29.9. The smallest absolute Gasteiger partial charge is 0.340 e. The van der Waals surface area contributed by atoms with Gasteiger partial charge < -0.3 is 14.5 Å². The second-order valence-corrected chi connectivity index (χ2v) is 11.5.